The molecule has 0 bridgehead atoms. The highest BCUT2D eigenvalue weighted by molar-refractivity contribution is 7.88. The van der Waals surface area contributed by atoms with Gasteiger partial charge in [0.15, 0.2) is 5.78 Å². The first-order valence-corrected chi connectivity index (χ1v) is 11.5. The number of carbonyl (C=O) groups excluding carboxylic acids is 2. The summed E-state index contributed by atoms with van der Waals surface area (Å²) in [4.78, 5) is 25.5. The lowest BCUT2D eigenvalue weighted by atomic mass is 10.0. The van der Waals surface area contributed by atoms with Crippen LogP contribution in [0.25, 0.3) is 0 Å². The first kappa shape index (κ1) is 21.9. The highest BCUT2D eigenvalue weighted by Gasteiger charge is 2.38. The second kappa shape index (κ2) is 8.32. The van der Waals surface area contributed by atoms with Gasteiger partial charge in [0.1, 0.15) is 24.4 Å². The Morgan fingerprint density at radius 3 is 2.59 bits per heavy atom. The van der Waals surface area contributed by atoms with Crippen LogP contribution in [0.4, 0.5) is 4.39 Å². The van der Waals surface area contributed by atoms with E-state index in [4.69, 9.17) is 9.15 Å². The van der Waals surface area contributed by atoms with Crippen molar-refractivity contribution in [1.82, 2.24) is 14.1 Å². The molecule has 2 aromatic heterocycles. The highest BCUT2D eigenvalue weighted by Crippen LogP contribution is 2.29. The van der Waals surface area contributed by atoms with E-state index in [1.807, 2.05) is 0 Å². The normalized spacial score (nSPS) is 17.1. The Morgan fingerprint density at radius 2 is 2.00 bits per heavy atom. The Hall–Kier alpha value is -3.31. The van der Waals surface area contributed by atoms with E-state index >= 15 is 0 Å². The van der Waals surface area contributed by atoms with Crippen molar-refractivity contribution in [3.05, 3.63) is 71.1 Å². The minimum absolute atomic E-state index is 0.0250. The molecule has 168 valence electrons. The first-order valence-electron chi connectivity index (χ1n) is 9.66. The summed E-state index contributed by atoms with van der Waals surface area (Å²) in [6.07, 6.45) is 2.32. The zero-order valence-electron chi connectivity index (χ0n) is 17.3. The maximum absolute atomic E-state index is 13.2. The summed E-state index contributed by atoms with van der Waals surface area (Å²) in [5.74, 6) is -1.47. The molecule has 4 rings (SSSR count). The maximum Gasteiger partial charge on any atom is 0.284 e. The molecule has 0 aliphatic carbocycles. The number of rotatable bonds is 6. The summed E-state index contributed by atoms with van der Waals surface area (Å²) >= 11 is 0. The maximum atomic E-state index is 13.2. The SMILES string of the molecule is Cc1cc(C(=O)n2nc(C3CN(S(C)(=O)=O)CC3=O)cc2OCc2ccc(F)cc2)co1. The lowest BCUT2D eigenvalue weighted by molar-refractivity contribution is -0.117. The molecule has 1 saturated heterocycles. The third-order valence-electron chi connectivity index (χ3n) is 5.10. The van der Waals surface area contributed by atoms with Crippen LogP contribution in [-0.4, -0.2) is 53.5 Å². The van der Waals surface area contributed by atoms with Gasteiger partial charge in [0.25, 0.3) is 5.91 Å². The standard InChI is InChI=1S/C21H20FN3O6S/c1-13-7-15(12-30-13)21(27)25-20(31-11-14-3-5-16(22)6-4-14)8-18(23-25)17-9-24(10-19(17)26)32(2,28)29/h3-8,12,17H,9-11H2,1-2H3. The van der Waals surface area contributed by atoms with Crippen molar-refractivity contribution in [1.29, 1.82) is 0 Å². The zero-order chi connectivity index (χ0) is 23.0. The predicted octanol–water partition coefficient (Wildman–Crippen LogP) is 2.12. The number of sulfonamides is 1. The van der Waals surface area contributed by atoms with E-state index in [-0.39, 0.29) is 48.4 Å². The molecule has 1 aliphatic heterocycles. The van der Waals surface area contributed by atoms with E-state index in [0.717, 1.165) is 15.2 Å². The molecule has 1 aromatic carbocycles. The van der Waals surface area contributed by atoms with E-state index in [9.17, 15) is 22.4 Å². The summed E-state index contributed by atoms with van der Waals surface area (Å²) in [7, 11) is -3.55. The second-order valence-electron chi connectivity index (χ2n) is 7.56. The number of hydrogen-bond donors (Lipinski definition) is 0. The quantitative estimate of drug-likeness (QED) is 0.553. The smallest absolute Gasteiger partial charge is 0.284 e. The molecule has 1 fully saturated rings. The van der Waals surface area contributed by atoms with Crippen molar-refractivity contribution in [3.8, 4) is 5.88 Å². The van der Waals surface area contributed by atoms with Gasteiger partial charge < -0.3 is 9.15 Å². The van der Waals surface area contributed by atoms with Crippen LogP contribution in [0.15, 0.2) is 47.1 Å². The van der Waals surface area contributed by atoms with Crippen LogP contribution >= 0.6 is 0 Å². The lowest BCUT2D eigenvalue weighted by Crippen LogP contribution is -2.27. The van der Waals surface area contributed by atoms with Crippen molar-refractivity contribution in [3.63, 3.8) is 0 Å². The van der Waals surface area contributed by atoms with E-state index in [0.29, 0.717) is 11.3 Å². The number of aromatic nitrogens is 2. The average molecular weight is 461 g/mol. The summed E-state index contributed by atoms with van der Waals surface area (Å²) in [5.41, 5.74) is 1.12. The van der Waals surface area contributed by atoms with Gasteiger partial charge >= 0.3 is 0 Å². The van der Waals surface area contributed by atoms with Crippen LogP contribution in [0.3, 0.4) is 0 Å². The fourth-order valence-corrected chi connectivity index (χ4v) is 4.16. The Morgan fingerprint density at radius 1 is 1.28 bits per heavy atom. The van der Waals surface area contributed by atoms with Crippen molar-refractivity contribution in [2.24, 2.45) is 0 Å². The summed E-state index contributed by atoms with van der Waals surface area (Å²) in [5, 5.41) is 4.27. The van der Waals surface area contributed by atoms with Gasteiger partial charge in [0.2, 0.25) is 15.9 Å². The number of carbonyl (C=O) groups is 2. The number of ketones is 1. The lowest BCUT2D eigenvalue weighted by Gasteiger charge is -2.10. The van der Waals surface area contributed by atoms with Crippen molar-refractivity contribution >= 4 is 21.7 Å². The van der Waals surface area contributed by atoms with Crippen LogP contribution in [0.1, 0.15) is 33.3 Å². The number of Topliss-reactive ketones (excluding diaryl/α,β-unsaturated/α-hetero) is 1. The molecule has 1 unspecified atom stereocenters. The van der Waals surface area contributed by atoms with E-state index < -0.39 is 21.8 Å². The van der Waals surface area contributed by atoms with Gasteiger partial charge in [-0.3, -0.25) is 9.59 Å². The van der Waals surface area contributed by atoms with Gasteiger partial charge in [0, 0.05) is 12.6 Å². The molecule has 1 aliphatic rings. The third kappa shape index (κ3) is 4.48. The molecule has 9 nitrogen and oxygen atoms in total. The Balaban J connectivity index is 1.65. The molecule has 3 aromatic rings. The van der Waals surface area contributed by atoms with Crippen LogP contribution in [0.2, 0.25) is 0 Å². The first-order chi connectivity index (χ1) is 15.1. The molecule has 3 heterocycles. The fraction of sp³-hybridized carbons (Fsp3) is 0.286. The van der Waals surface area contributed by atoms with Gasteiger partial charge in [-0.1, -0.05) is 12.1 Å². The number of benzene rings is 1. The number of nitrogens with zero attached hydrogens (tertiary/aromatic N) is 3. The minimum Gasteiger partial charge on any atom is -0.473 e. The molecule has 11 heteroatoms. The van der Waals surface area contributed by atoms with Gasteiger partial charge in [-0.25, -0.2) is 12.8 Å². The van der Waals surface area contributed by atoms with E-state index in [1.165, 1.54) is 24.5 Å². The summed E-state index contributed by atoms with van der Waals surface area (Å²) in [6, 6.07) is 8.66. The molecule has 0 radical (unpaired) electrons. The topological polar surface area (TPSA) is 112 Å². The second-order valence-corrected chi connectivity index (χ2v) is 9.54. The monoisotopic (exact) mass is 461 g/mol. The van der Waals surface area contributed by atoms with Crippen molar-refractivity contribution in [2.45, 2.75) is 19.4 Å². The average Bonchev–Trinajstić information content (AvgIpc) is 3.44. The summed E-state index contributed by atoms with van der Waals surface area (Å²) in [6.45, 7) is 1.40. The van der Waals surface area contributed by atoms with Crippen LogP contribution in [0, 0.1) is 12.7 Å². The molecule has 32 heavy (non-hydrogen) atoms. The molecule has 0 amide bonds. The molecular weight excluding hydrogens is 441 g/mol. The zero-order valence-corrected chi connectivity index (χ0v) is 18.1. The number of hydrogen-bond acceptors (Lipinski definition) is 7. The van der Waals surface area contributed by atoms with Gasteiger partial charge in [-0.05, 0) is 30.7 Å². The third-order valence-corrected chi connectivity index (χ3v) is 6.31. The number of ether oxygens (including phenoxy) is 1. The molecule has 0 saturated carbocycles. The number of aryl methyl sites for hydroxylation is 1. The Labute approximate surface area is 183 Å². The Kier molecular flexibility index (Phi) is 5.70. The number of halogens is 1. The summed E-state index contributed by atoms with van der Waals surface area (Å²) < 4.78 is 49.9. The van der Waals surface area contributed by atoms with Crippen LogP contribution < -0.4 is 4.74 Å². The van der Waals surface area contributed by atoms with Crippen LogP contribution in [-0.2, 0) is 21.4 Å². The van der Waals surface area contributed by atoms with E-state index in [1.54, 1.807) is 25.1 Å². The number of furan rings is 1. The Bertz CT molecular complexity index is 1280. The van der Waals surface area contributed by atoms with Gasteiger partial charge in [-0.15, -0.1) is 0 Å². The largest absolute Gasteiger partial charge is 0.473 e. The molecule has 1 atom stereocenters. The molecular formula is C21H20FN3O6S. The van der Waals surface area contributed by atoms with Gasteiger partial charge in [0.05, 0.1) is 30.0 Å². The fourth-order valence-electron chi connectivity index (χ4n) is 3.38. The van der Waals surface area contributed by atoms with Gasteiger partial charge in [-0.2, -0.15) is 14.1 Å². The highest BCUT2D eigenvalue weighted by atomic mass is 32.2. The molecule has 0 N–H and O–H groups in total. The molecule has 0 spiro atoms. The van der Waals surface area contributed by atoms with Crippen molar-refractivity contribution in [2.75, 3.05) is 19.3 Å². The predicted molar refractivity (Wildman–Crippen MR) is 110 cm³/mol. The minimum atomic E-state index is -3.55. The van der Waals surface area contributed by atoms with Crippen molar-refractivity contribution < 1.29 is 31.6 Å². The van der Waals surface area contributed by atoms with E-state index in [2.05, 4.69) is 5.10 Å². The van der Waals surface area contributed by atoms with Crippen LogP contribution in [0.5, 0.6) is 5.88 Å².